The van der Waals surface area contributed by atoms with E-state index in [1.54, 1.807) is 19.4 Å². The summed E-state index contributed by atoms with van der Waals surface area (Å²) in [6, 6.07) is 5.62. The second-order valence-electron chi connectivity index (χ2n) is 3.72. The number of methoxy groups -OCH3 is 1. The van der Waals surface area contributed by atoms with Gasteiger partial charge in [0.15, 0.2) is 5.82 Å². The van der Waals surface area contributed by atoms with E-state index in [9.17, 15) is 0 Å². The fourth-order valence-corrected chi connectivity index (χ4v) is 1.48. The van der Waals surface area contributed by atoms with Gasteiger partial charge in [0, 0.05) is 30.6 Å². The number of hydrogen-bond donors (Lipinski definition) is 1. The van der Waals surface area contributed by atoms with Gasteiger partial charge in [0.05, 0.1) is 5.69 Å². The Labute approximate surface area is 99.7 Å². The third kappa shape index (κ3) is 2.76. The molecule has 0 radical (unpaired) electrons. The molecule has 17 heavy (non-hydrogen) atoms. The number of rotatable bonds is 3. The molecule has 0 aliphatic carbocycles. The van der Waals surface area contributed by atoms with Gasteiger partial charge >= 0.3 is 0 Å². The normalized spacial score (nSPS) is 10.5. The third-order valence-corrected chi connectivity index (χ3v) is 2.27. The zero-order valence-electron chi connectivity index (χ0n) is 9.84. The van der Waals surface area contributed by atoms with Crippen LogP contribution in [-0.2, 0) is 11.3 Å². The quantitative estimate of drug-likeness (QED) is 0.866. The lowest BCUT2D eigenvalue weighted by atomic mass is 10.2. The molecule has 0 spiro atoms. The second kappa shape index (κ2) is 4.88. The Bertz CT molecular complexity index is 510. The van der Waals surface area contributed by atoms with Gasteiger partial charge in [-0.25, -0.2) is 9.97 Å². The topological polar surface area (TPSA) is 73.9 Å². The van der Waals surface area contributed by atoms with Crippen LogP contribution < -0.4 is 5.73 Å². The molecule has 2 N–H and O–H groups in total. The fourth-order valence-electron chi connectivity index (χ4n) is 1.48. The van der Waals surface area contributed by atoms with Gasteiger partial charge in [0.1, 0.15) is 12.4 Å². The van der Waals surface area contributed by atoms with Crippen molar-refractivity contribution in [2.45, 2.75) is 13.5 Å². The van der Waals surface area contributed by atoms with Crippen LogP contribution in [0.3, 0.4) is 0 Å². The van der Waals surface area contributed by atoms with Gasteiger partial charge < -0.3 is 10.5 Å². The van der Waals surface area contributed by atoms with E-state index in [2.05, 4.69) is 15.0 Å². The van der Waals surface area contributed by atoms with Crippen molar-refractivity contribution in [3.63, 3.8) is 0 Å². The summed E-state index contributed by atoms with van der Waals surface area (Å²) < 4.78 is 5.00. The molecule has 0 fully saturated rings. The monoisotopic (exact) mass is 230 g/mol. The molecule has 0 bridgehead atoms. The van der Waals surface area contributed by atoms with Crippen molar-refractivity contribution in [1.29, 1.82) is 0 Å². The van der Waals surface area contributed by atoms with Crippen LogP contribution in [-0.4, -0.2) is 22.1 Å². The summed E-state index contributed by atoms with van der Waals surface area (Å²) in [5.74, 6) is 1.01. The summed E-state index contributed by atoms with van der Waals surface area (Å²) in [6.45, 7) is 2.28. The van der Waals surface area contributed by atoms with Gasteiger partial charge in [-0.15, -0.1) is 0 Å². The molecule has 5 heteroatoms. The van der Waals surface area contributed by atoms with Crippen molar-refractivity contribution >= 4 is 5.82 Å². The molecule has 88 valence electrons. The van der Waals surface area contributed by atoms with Crippen LogP contribution in [0.2, 0.25) is 0 Å². The molecular formula is C12H14N4O. The Morgan fingerprint density at radius 1 is 1.29 bits per heavy atom. The average molecular weight is 230 g/mol. The van der Waals surface area contributed by atoms with Crippen molar-refractivity contribution in [3.8, 4) is 11.3 Å². The number of nitrogens with zero attached hydrogens (tertiary/aromatic N) is 3. The van der Waals surface area contributed by atoms with Crippen molar-refractivity contribution < 1.29 is 4.74 Å². The van der Waals surface area contributed by atoms with Gasteiger partial charge in [-0.05, 0) is 19.1 Å². The number of pyridine rings is 1. The highest BCUT2D eigenvalue weighted by molar-refractivity contribution is 5.60. The van der Waals surface area contributed by atoms with E-state index in [1.165, 1.54) is 0 Å². The van der Waals surface area contributed by atoms with Crippen molar-refractivity contribution in [2.75, 3.05) is 12.8 Å². The maximum Gasteiger partial charge on any atom is 0.157 e. The first-order valence-electron chi connectivity index (χ1n) is 5.24. The number of anilines is 1. The summed E-state index contributed by atoms with van der Waals surface area (Å²) in [7, 11) is 1.60. The second-order valence-corrected chi connectivity index (χ2v) is 3.72. The Kier molecular flexibility index (Phi) is 3.30. The SMILES string of the molecule is COCc1nc(N)cc(-c2ccc(C)nc2)n1. The summed E-state index contributed by atoms with van der Waals surface area (Å²) in [5, 5.41) is 0. The Morgan fingerprint density at radius 2 is 2.12 bits per heavy atom. The molecule has 2 heterocycles. The number of aromatic nitrogens is 3. The first-order chi connectivity index (χ1) is 8.19. The molecule has 0 aromatic carbocycles. The third-order valence-electron chi connectivity index (χ3n) is 2.27. The standard InChI is InChI=1S/C12H14N4O/c1-8-3-4-9(6-14-8)10-5-11(13)16-12(15-10)7-17-2/h3-6H,7H2,1-2H3,(H2,13,15,16). The van der Waals surface area contributed by atoms with E-state index in [0.29, 0.717) is 18.2 Å². The number of aryl methyl sites for hydroxylation is 1. The molecule has 2 aromatic heterocycles. The van der Waals surface area contributed by atoms with Crippen molar-refractivity contribution in [2.24, 2.45) is 0 Å². The van der Waals surface area contributed by atoms with Crippen LogP contribution in [0.5, 0.6) is 0 Å². The number of ether oxygens (including phenoxy) is 1. The summed E-state index contributed by atoms with van der Waals surface area (Å²) >= 11 is 0. The molecule has 2 aromatic rings. The van der Waals surface area contributed by atoms with Gasteiger partial charge in [0.25, 0.3) is 0 Å². The van der Waals surface area contributed by atoms with Crippen molar-refractivity contribution in [3.05, 3.63) is 35.9 Å². The maximum atomic E-state index is 5.73. The zero-order valence-corrected chi connectivity index (χ0v) is 9.84. The molecule has 0 amide bonds. The lowest BCUT2D eigenvalue weighted by Crippen LogP contribution is -2.02. The van der Waals surface area contributed by atoms with E-state index in [-0.39, 0.29) is 0 Å². The van der Waals surface area contributed by atoms with Crippen LogP contribution in [0, 0.1) is 6.92 Å². The van der Waals surface area contributed by atoms with Gasteiger partial charge in [0.2, 0.25) is 0 Å². The average Bonchev–Trinajstić information content (AvgIpc) is 2.29. The Morgan fingerprint density at radius 3 is 2.76 bits per heavy atom. The van der Waals surface area contributed by atoms with E-state index in [1.807, 2.05) is 19.1 Å². The Balaban J connectivity index is 2.40. The van der Waals surface area contributed by atoms with Gasteiger partial charge in [-0.1, -0.05) is 0 Å². The summed E-state index contributed by atoms with van der Waals surface area (Å²) in [6.07, 6.45) is 1.77. The smallest absolute Gasteiger partial charge is 0.157 e. The molecule has 2 rings (SSSR count). The number of nitrogen functional groups attached to an aromatic ring is 1. The van der Waals surface area contributed by atoms with Gasteiger partial charge in [-0.3, -0.25) is 4.98 Å². The number of hydrogen-bond acceptors (Lipinski definition) is 5. The molecule has 0 saturated carbocycles. The van der Waals surface area contributed by atoms with Crippen LogP contribution in [0.25, 0.3) is 11.3 Å². The van der Waals surface area contributed by atoms with Crippen LogP contribution in [0.1, 0.15) is 11.5 Å². The molecule has 0 aliphatic heterocycles. The van der Waals surface area contributed by atoms with Crippen molar-refractivity contribution in [1.82, 2.24) is 15.0 Å². The molecular weight excluding hydrogens is 216 g/mol. The minimum Gasteiger partial charge on any atom is -0.384 e. The minimum absolute atomic E-state index is 0.345. The first-order valence-corrected chi connectivity index (χ1v) is 5.24. The number of nitrogens with two attached hydrogens (primary N) is 1. The first kappa shape index (κ1) is 11.5. The molecule has 5 nitrogen and oxygen atoms in total. The van der Waals surface area contributed by atoms with E-state index in [4.69, 9.17) is 10.5 Å². The van der Waals surface area contributed by atoms with Crippen LogP contribution in [0.15, 0.2) is 24.4 Å². The van der Waals surface area contributed by atoms with E-state index in [0.717, 1.165) is 17.0 Å². The van der Waals surface area contributed by atoms with E-state index >= 15 is 0 Å². The lowest BCUT2D eigenvalue weighted by Gasteiger charge is -2.05. The van der Waals surface area contributed by atoms with E-state index < -0.39 is 0 Å². The zero-order chi connectivity index (χ0) is 12.3. The highest BCUT2D eigenvalue weighted by Crippen LogP contribution is 2.18. The highest BCUT2D eigenvalue weighted by atomic mass is 16.5. The highest BCUT2D eigenvalue weighted by Gasteiger charge is 2.05. The molecule has 0 atom stereocenters. The molecule has 0 unspecified atom stereocenters. The summed E-state index contributed by atoms with van der Waals surface area (Å²) in [5.41, 5.74) is 8.38. The fraction of sp³-hybridized carbons (Fsp3) is 0.250. The molecule has 0 aliphatic rings. The van der Waals surface area contributed by atoms with Gasteiger partial charge in [-0.2, -0.15) is 0 Å². The minimum atomic E-state index is 0.345. The Hall–Kier alpha value is -2.01. The summed E-state index contributed by atoms with van der Waals surface area (Å²) in [4.78, 5) is 12.7. The maximum absolute atomic E-state index is 5.73. The van der Waals surface area contributed by atoms with Crippen LogP contribution >= 0.6 is 0 Å². The largest absolute Gasteiger partial charge is 0.384 e. The molecule has 0 saturated heterocycles. The van der Waals surface area contributed by atoms with Crippen LogP contribution in [0.4, 0.5) is 5.82 Å². The predicted molar refractivity (Wildman–Crippen MR) is 65.1 cm³/mol. The predicted octanol–water partition coefficient (Wildman–Crippen LogP) is 1.58. The lowest BCUT2D eigenvalue weighted by molar-refractivity contribution is 0.178.